The van der Waals surface area contributed by atoms with E-state index in [4.69, 9.17) is 0 Å². The maximum Gasteiger partial charge on any atom is 0.504 e. The molecule has 1 amide bonds. The number of carbonyl (C=O) groups excluding carboxylic acids is 1. The van der Waals surface area contributed by atoms with Gasteiger partial charge in [0.2, 0.25) is 5.91 Å². The molecule has 1 fully saturated rings. The highest BCUT2D eigenvalue weighted by atomic mass is 19.4. The first-order valence-corrected chi connectivity index (χ1v) is 9.52. The smallest absolute Gasteiger partial charge is 0.345 e. The van der Waals surface area contributed by atoms with Crippen molar-refractivity contribution in [3.8, 4) is 11.1 Å². The number of rotatable bonds is 3. The van der Waals surface area contributed by atoms with Crippen molar-refractivity contribution in [1.29, 1.82) is 0 Å². The number of benzene rings is 2. The van der Waals surface area contributed by atoms with Crippen molar-refractivity contribution in [2.24, 2.45) is 5.92 Å². The molecule has 6 nitrogen and oxygen atoms in total. The van der Waals surface area contributed by atoms with Crippen LogP contribution < -0.4 is 4.90 Å². The summed E-state index contributed by atoms with van der Waals surface area (Å²) in [4.78, 5) is 20.9. The second-order valence-electron chi connectivity index (χ2n) is 7.54. The Morgan fingerprint density at radius 3 is 2.44 bits per heavy atom. The van der Waals surface area contributed by atoms with Gasteiger partial charge in [-0.15, -0.1) is 13.2 Å². The third kappa shape index (κ3) is 3.03. The molecular formula is C21H14F5N5O. The summed E-state index contributed by atoms with van der Waals surface area (Å²) in [5.41, 5.74) is 1.25. The van der Waals surface area contributed by atoms with Gasteiger partial charge in [0.05, 0.1) is 35.5 Å². The summed E-state index contributed by atoms with van der Waals surface area (Å²) in [5.74, 6) is -2.92. The van der Waals surface area contributed by atoms with E-state index in [9.17, 15) is 18.0 Å². The summed E-state index contributed by atoms with van der Waals surface area (Å²) in [7, 11) is 0. The Bertz CT molecular complexity index is 1340. The van der Waals surface area contributed by atoms with Crippen LogP contribution in [0.2, 0.25) is 0 Å². The van der Waals surface area contributed by atoms with Crippen LogP contribution in [0.3, 0.4) is 0 Å². The second kappa shape index (κ2) is 6.87. The van der Waals surface area contributed by atoms with Gasteiger partial charge in [0.15, 0.2) is 0 Å². The molecule has 1 aliphatic heterocycles. The molecule has 4 aromatic rings. The zero-order chi connectivity index (χ0) is 22.8. The fraction of sp³-hybridized carbons (Fsp3) is 0.190. The molecule has 0 aliphatic carbocycles. The summed E-state index contributed by atoms with van der Waals surface area (Å²) >= 11 is 0. The predicted molar refractivity (Wildman–Crippen MR) is 104 cm³/mol. The SMILES string of the molecule is C[C@H]1C(=O)N(c2ccc3[nH]cnc3c2)C1c1c(F)cc(-c2cnn(C(F)(F)F)c2)cc1F. The number of alkyl halides is 3. The monoisotopic (exact) mass is 447 g/mol. The van der Waals surface area contributed by atoms with Gasteiger partial charge in [0.1, 0.15) is 11.6 Å². The van der Waals surface area contributed by atoms with Crippen molar-refractivity contribution in [2.75, 3.05) is 4.90 Å². The third-order valence-corrected chi connectivity index (χ3v) is 5.61. The van der Waals surface area contributed by atoms with E-state index in [1.54, 1.807) is 25.1 Å². The van der Waals surface area contributed by atoms with Crippen LogP contribution in [-0.2, 0) is 11.1 Å². The number of imidazole rings is 1. The minimum Gasteiger partial charge on any atom is -0.345 e. The average molecular weight is 447 g/mol. The first-order chi connectivity index (χ1) is 15.1. The topological polar surface area (TPSA) is 66.8 Å². The van der Waals surface area contributed by atoms with Gasteiger partial charge in [-0.05, 0) is 35.9 Å². The van der Waals surface area contributed by atoms with E-state index < -0.39 is 29.9 Å². The van der Waals surface area contributed by atoms with Gasteiger partial charge in [-0.25, -0.2) is 13.8 Å². The van der Waals surface area contributed by atoms with Crippen molar-refractivity contribution >= 4 is 22.6 Å². The number of hydrogen-bond donors (Lipinski definition) is 1. The highest BCUT2D eigenvalue weighted by Gasteiger charge is 2.48. The molecule has 11 heteroatoms. The summed E-state index contributed by atoms with van der Waals surface area (Å²) in [6, 6.07) is 5.97. The molecule has 2 atom stereocenters. The molecule has 164 valence electrons. The zero-order valence-corrected chi connectivity index (χ0v) is 16.4. The van der Waals surface area contributed by atoms with E-state index in [0.717, 1.165) is 23.8 Å². The molecule has 2 aromatic carbocycles. The lowest BCUT2D eigenvalue weighted by Gasteiger charge is -2.46. The number of nitrogens with zero attached hydrogens (tertiary/aromatic N) is 4. The van der Waals surface area contributed by atoms with Crippen LogP contribution in [0.5, 0.6) is 0 Å². The number of amides is 1. The summed E-state index contributed by atoms with van der Waals surface area (Å²) in [5, 5.41) is 3.19. The van der Waals surface area contributed by atoms with Crippen LogP contribution in [0.15, 0.2) is 49.1 Å². The van der Waals surface area contributed by atoms with Gasteiger partial charge < -0.3 is 9.88 Å². The standard InChI is InChI=1S/C21H14F5N5O/c1-10-19(31(20(10)32)13-2-3-16-17(6-13)28-9-27-16)18-14(22)4-11(5-15(18)23)12-7-29-30(8-12)21(24,25)26/h2-10,19H,1H3,(H,27,28)/t10-,19?/m1/s1. The number of aromatic nitrogens is 4. The Hall–Kier alpha value is -3.76. The lowest BCUT2D eigenvalue weighted by molar-refractivity contribution is -0.212. The van der Waals surface area contributed by atoms with Crippen LogP contribution in [0.25, 0.3) is 22.2 Å². The molecule has 1 unspecified atom stereocenters. The molecule has 3 heterocycles. The number of halogens is 5. The van der Waals surface area contributed by atoms with Gasteiger partial charge in [0.25, 0.3) is 0 Å². The fourth-order valence-corrected chi connectivity index (χ4v) is 4.01. The Kier molecular flexibility index (Phi) is 4.33. The van der Waals surface area contributed by atoms with E-state index in [1.807, 2.05) is 0 Å². The van der Waals surface area contributed by atoms with Crippen molar-refractivity contribution < 1.29 is 26.7 Å². The number of carbonyl (C=O) groups is 1. The molecule has 1 saturated heterocycles. The Morgan fingerprint density at radius 2 is 1.78 bits per heavy atom. The molecule has 1 N–H and O–H groups in total. The quantitative estimate of drug-likeness (QED) is 0.359. The summed E-state index contributed by atoms with van der Waals surface area (Å²) < 4.78 is 68.2. The third-order valence-electron chi connectivity index (χ3n) is 5.61. The highest BCUT2D eigenvalue weighted by Crippen LogP contribution is 2.46. The summed E-state index contributed by atoms with van der Waals surface area (Å²) in [6.45, 7) is 1.57. The van der Waals surface area contributed by atoms with Crippen molar-refractivity contribution in [2.45, 2.75) is 19.3 Å². The normalized spacial score (nSPS) is 18.9. The van der Waals surface area contributed by atoms with Gasteiger partial charge in [-0.2, -0.15) is 9.78 Å². The van der Waals surface area contributed by atoms with Crippen LogP contribution >= 0.6 is 0 Å². The van der Waals surface area contributed by atoms with Crippen molar-refractivity contribution in [3.63, 3.8) is 0 Å². The van der Waals surface area contributed by atoms with Gasteiger partial charge in [0, 0.05) is 23.0 Å². The van der Waals surface area contributed by atoms with E-state index >= 15 is 8.78 Å². The number of hydrogen-bond acceptors (Lipinski definition) is 3. The van der Waals surface area contributed by atoms with Crippen LogP contribution in [0.4, 0.5) is 27.6 Å². The molecule has 5 rings (SSSR count). The maximum absolute atomic E-state index is 15.1. The lowest BCUT2D eigenvalue weighted by Crippen LogP contribution is -2.54. The van der Waals surface area contributed by atoms with Crippen LogP contribution in [0, 0.1) is 17.6 Å². The first kappa shape index (κ1) is 20.2. The van der Waals surface area contributed by atoms with Gasteiger partial charge in [-0.1, -0.05) is 6.92 Å². The Labute approximate surface area is 177 Å². The molecule has 0 spiro atoms. The van der Waals surface area contributed by atoms with E-state index in [-0.39, 0.29) is 27.3 Å². The minimum absolute atomic E-state index is 0.0924. The van der Waals surface area contributed by atoms with E-state index in [0.29, 0.717) is 17.4 Å². The predicted octanol–water partition coefficient (Wildman–Crippen LogP) is 4.90. The average Bonchev–Trinajstić information content (AvgIpc) is 3.41. The van der Waals surface area contributed by atoms with Crippen molar-refractivity contribution in [1.82, 2.24) is 19.7 Å². The van der Waals surface area contributed by atoms with E-state index in [2.05, 4.69) is 15.1 Å². The summed E-state index contributed by atoms with van der Waals surface area (Å²) in [6.07, 6.45) is -1.73. The van der Waals surface area contributed by atoms with Crippen LogP contribution in [-0.4, -0.2) is 25.7 Å². The Balaban J connectivity index is 1.53. The maximum atomic E-state index is 15.1. The number of anilines is 1. The minimum atomic E-state index is -4.74. The Morgan fingerprint density at radius 1 is 1.06 bits per heavy atom. The number of β-lactam (4-membered cyclic amide) rings is 1. The molecule has 1 aliphatic rings. The molecule has 0 bridgehead atoms. The molecule has 2 aromatic heterocycles. The number of H-pyrrole nitrogens is 1. The molecule has 0 saturated carbocycles. The second-order valence-corrected chi connectivity index (χ2v) is 7.54. The van der Waals surface area contributed by atoms with Gasteiger partial charge >= 0.3 is 6.30 Å². The zero-order valence-electron chi connectivity index (χ0n) is 16.4. The number of fused-ring (bicyclic) bond motifs is 1. The number of aromatic amines is 1. The molecule has 32 heavy (non-hydrogen) atoms. The molecular weight excluding hydrogens is 433 g/mol. The van der Waals surface area contributed by atoms with Crippen molar-refractivity contribution in [3.05, 3.63) is 66.3 Å². The van der Waals surface area contributed by atoms with E-state index in [1.165, 1.54) is 11.2 Å². The molecule has 0 radical (unpaired) electrons. The highest BCUT2D eigenvalue weighted by molar-refractivity contribution is 6.04. The fourth-order valence-electron chi connectivity index (χ4n) is 4.01. The first-order valence-electron chi connectivity index (χ1n) is 9.52. The number of nitrogens with one attached hydrogen (secondary N) is 1. The van der Waals surface area contributed by atoms with Crippen LogP contribution in [0.1, 0.15) is 18.5 Å². The lowest BCUT2D eigenvalue weighted by atomic mass is 9.82. The largest absolute Gasteiger partial charge is 0.504 e. The van der Waals surface area contributed by atoms with Gasteiger partial charge in [-0.3, -0.25) is 4.79 Å².